The molecule has 0 aliphatic carbocycles. The summed E-state index contributed by atoms with van der Waals surface area (Å²) in [5.74, 6) is 1.01. The maximum absolute atomic E-state index is 11.9. The second kappa shape index (κ2) is 12.1. The summed E-state index contributed by atoms with van der Waals surface area (Å²) < 4.78 is 0. The molecule has 28 heavy (non-hydrogen) atoms. The number of piperidine rings is 1. The lowest BCUT2D eigenvalue weighted by atomic mass is 9.96. The first-order valence-electron chi connectivity index (χ1n) is 9.96. The zero-order valence-electron chi connectivity index (χ0n) is 17.6. The van der Waals surface area contributed by atoms with Gasteiger partial charge in [0.2, 0.25) is 5.91 Å². The molecule has 1 aromatic carbocycles. The fraction of sp³-hybridized carbons (Fsp3) is 0.545. The van der Waals surface area contributed by atoms with Crippen LogP contribution in [0.5, 0.6) is 0 Å². The Morgan fingerprint density at radius 3 is 2.36 bits per heavy atom. The molecule has 1 aliphatic rings. The van der Waals surface area contributed by atoms with Gasteiger partial charge in [-0.25, -0.2) is 0 Å². The van der Waals surface area contributed by atoms with Crippen molar-refractivity contribution in [3.8, 4) is 0 Å². The number of amides is 1. The fourth-order valence-corrected chi connectivity index (χ4v) is 2.96. The van der Waals surface area contributed by atoms with Gasteiger partial charge in [-0.1, -0.05) is 62.8 Å². The zero-order chi connectivity index (χ0) is 19.7. The van der Waals surface area contributed by atoms with E-state index in [9.17, 15) is 4.79 Å². The smallest absolute Gasteiger partial charge is 0.225 e. The van der Waals surface area contributed by atoms with Crippen molar-refractivity contribution in [1.29, 1.82) is 0 Å². The van der Waals surface area contributed by atoms with E-state index in [-0.39, 0.29) is 35.3 Å². The second-order valence-corrected chi connectivity index (χ2v) is 7.94. The van der Waals surface area contributed by atoms with E-state index in [0.717, 1.165) is 38.4 Å². The van der Waals surface area contributed by atoms with E-state index >= 15 is 0 Å². The Labute approximate surface area is 187 Å². The molecule has 2 N–H and O–H groups in total. The number of likely N-dealkylation sites (tertiary alicyclic amines) is 1. The Bertz CT molecular complexity index is 655. The number of nitrogens with zero attached hydrogens (tertiary/aromatic N) is 2. The number of guanidine groups is 1. The summed E-state index contributed by atoms with van der Waals surface area (Å²) in [5.41, 5.74) is 2.41. The monoisotopic (exact) mass is 498 g/mol. The first kappa shape index (κ1) is 24.5. The second-order valence-electron chi connectivity index (χ2n) is 7.94. The van der Waals surface area contributed by atoms with Crippen LogP contribution in [0, 0.1) is 5.41 Å². The SMILES string of the molecule is CCNC(=NCCNC(=O)C(C)(C)C)N1CCC(=Cc2ccccc2)CC1.I. The van der Waals surface area contributed by atoms with E-state index < -0.39 is 0 Å². The third kappa shape index (κ3) is 8.20. The van der Waals surface area contributed by atoms with Gasteiger partial charge in [-0.05, 0) is 25.3 Å². The molecule has 1 aromatic rings. The minimum atomic E-state index is -0.359. The summed E-state index contributed by atoms with van der Waals surface area (Å²) in [6, 6.07) is 10.5. The minimum absolute atomic E-state index is 0. The number of nitrogens with one attached hydrogen (secondary N) is 2. The molecule has 6 heteroatoms. The quantitative estimate of drug-likeness (QED) is 0.280. The van der Waals surface area contributed by atoms with Gasteiger partial charge in [0.15, 0.2) is 5.96 Å². The Morgan fingerprint density at radius 1 is 1.14 bits per heavy atom. The van der Waals surface area contributed by atoms with Crippen molar-refractivity contribution in [3.05, 3.63) is 41.5 Å². The largest absolute Gasteiger partial charge is 0.357 e. The highest BCUT2D eigenvalue weighted by molar-refractivity contribution is 14.0. The van der Waals surface area contributed by atoms with Crippen molar-refractivity contribution in [2.45, 2.75) is 40.5 Å². The van der Waals surface area contributed by atoms with Gasteiger partial charge in [-0.3, -0.25) is 9.79 Å². The lowest BCUT2D eigenvalue weighted by Crippen LogP contribution is -2.45. The summed E-state index contributed by atoms with van der Waals surface area (Å²) in [5, 5.41) is 6.33. The molecule has 0 aromatic heterocycles. The molecule has 156 valence electrons. The van der Waals surface area contributed by atoms with Crippen LogP contribution in [0.1, 0.15) is 46.1 Å². The van der Waals surface area contributed by atoms with Gasteiger partial charge in [0, 0.05) is 31.6 Å². The van der Waals surface area contributed by atoms with E-state index in [1.165, 1.54) is 11.1 Å². The standard InChI is InChI=1S/C22H34N4O.HI/c1-5-23-21(25-14-13-24-20(27)22(2,3)4)26-15-11-19(12-16-26)17-18-9-7-6-8-10-18;/h6-10,17H,5,11-16H2,1-4H3,(H,23,25)(H,24,27);1H. The van der Waals surface area contributed by atoms with Crippen molar-refractivity contribution >= 4 is 41.9 Å². The van der Waals surface area contributed by atoms with Crippen LogP contribution in [0.4, 0.5) is 0 Å². The molecule has 1 amide bonds. The first-order valence-corrected chi connectivity index (χ1v) is 9.96. The predicted molar refractivity (Wildman–Crippen MR) is 129 cm³/mol. The van der Waals surface area contributed by atoms with Crippen LogP contribution in [0.3, 0.4) is 0 Å². The Kier molecular flexibility index (Phi) is 10.6. The number of halogens is 1. The van der Waals surface area contributed by atoms with Gasteiger partial charge < -0.3 is 15.5 Å². The average Bonchev–Trinajstić information content (AvgIpc) is 2.65. The van der Waals surface area contributed by atoms with Gasteiger partial charge in [-0.2, -0.15) is 0 Å². The number of carbonyl (C=O) groups excluding carboxylic acids is 1. The highest BCUT2D eigenvalue weighted by Gasteiger charge is 2.20. The minimum Gasteiger partial charge on any atom is -0.357 e. The molecular formula is C22H35IN4O. The van der Waals surface area contributed by atoms with Gasteiger partial charge in [0.05, 0.1) is 6.54 Å². The van der Waals surface area contributed by atoms with E-state index in [0.29, 0.717) is 13.1 Å². The summed E-state index contributed by atoms with van der Waals surface area (Å²) in [4.78, 5) is 18.9. The zero-order valence-corrected chi connectivity index (χ0v) is 20.0. The normalized spacial score (nSPS) is 14.9. The summed E-state index contributed by atoms with van der Waals surface area (Å²) >= 11 is 0. The molecule has 0 atom stereocenters. The summed E-state index contributed by atoms with van der Waals surface area (Å²) in [6.07, 6.45) is 4.42. The molecule has 1 fully saturated rings. The lowest BCUT2D eigenvalue weighted by molar-refractivity contribution is -0.128. The van der Waals surface area contributed by atoms with E-state index in [2.05, 4.69) is 52.8 Å². The molecule has 0 spiro atoms. The van der Waals surface area contributed by atoms with Crippen LogP contribution in [0.25, 0.3) is 6.08 Å². The molecule has 0 saturated carbocycles. The van der Waals surface area contributed by atoms with Crippen molar-refractivity contribution in [2.75, 3.05) is 32.7 Å². The maximum Gasteiger partial charge on any atom is 0.225 e. The van der Waals surface area contributed by atoms with E-state index in [4.69, 9.17) is 4.99 Å². The Morgan fingerprint density at radius 2 is 1.79 bits per heavy atom. The van der Waals surface area contributed by atoms with Crippen LogP contribution in [0.15, 0.2) is 40.9 Å². The lowest BCUT2D eigenvalue weighted by Gasteiger charge is -2.31. The summed E-state index contributed by atoms with van der Waals surface area (Å²) in [7, 11) is 0. The molecule has 1 heterocycles. The van der Waals surface area contributed by atoms with Crippen molar-refractivity contribution in [2.24, 2.45) is 10.4 Å². The molecule has 1 saturated heterocycles. The van der Waals surface area contributed by atoms with E-state index in [1.807, 2.05) is 26.8 Å². The number of hydrogen-bond donors (Lipinski definition) is 2. The van der Waals surface area contributed by atoms with Gasteiger partial charge in [-0.15, -0.1) is 24.0 Å². The van der Waals surface area contributed by atoms with Crippen LogP contribution in [-0.4, -0.2) is 49.5 Å². The molecule has 0 unspecified atom stereocenters. The fourth-order valence-electron chi connectivity index (χ4n) is 2.96. The molecular weight excluding hydrogens is 463 g/mol. The van der Waals surface area contributed by atoms with Crippen LogP contribution in [-0.2, 0) is 4.79 Å². The molecule has 0 radical (unpaired) electrons. The highest BCUT2D eigenvalue weighted by Crippen LogP contribution is 2.19. The third-order valence-electron chi connectivity index (χ3n) is 4.55. The third-order valence-corrected chi connectivity index (χ3v) is 4.55. The van der Waals surface area contributed by atoms with Gasteiger partial charge in [0.25, 0.3) is 0 Å². The van der Waals surface area contributed by atoms with Crippen LogP contribution < -0.4 is 10.6 Å². The predicted octanol–water partition coefficient (Wildman–Crippen LogP) is 3.91. The average molecular weight is 498 g/mol. The number of hydrogen-bond acceptors (Lipinski definition) is 2. The van der Waals surface area contributed by atoms with Crippen molar-refractivity contribution in [1.82, 2.24) is 15.5 Å². The topological polar surface area (TPSA) is 56.7 Å². The molecule has 0 bridgehead atoms. The van der Waals surface area contributed by atoms with E-state index in [1.54, 1.807) is 0 Å². The number of aliphatic imine (C=N–C) groups is 1. The first-order chi connectivity index (χ1) is 12.9. The Hall–Kier alpha value is -1.57. The highest BCUT2D eigenvalue weighted by atomic mass is 127. The molecule has 1 aliphatic heterocycles. The number of benzene rings is 1. The van der Waals surface area contributed by atoms with Gasteiger partial charge >= 0.3 is 0 Å². The van der Waals surface area contributed by atoms with Gasteiger partial charge in [0.1, 0.15) is 0 Å². The maximum atomic E-state index is 11.9. The van der Waals surface area contributed by atoms with Crippen molar-refractivity contribution < 1.29 is 4.79 Å². The molecule has 5 nitrogen and oxygen atoms in total. The molecule has 2 rings (SSSR count). The number of rotatable bonds is 5. The van der Waals surface area contributed by atoms with Crippen molar-refractivity contribution in [3.63, 3.8) is 0 Å². The number of carbonyl (C=O) groups is 1. The Balaban J connectivity index is 0.00000392. The van der Waals surface area contributed by atoms with Crippen LogP contribution in [0.2, 0.25) is 0 Å². The summed E-state index contributed by atoms with van der Waals surface area (Å²) in [6.45, 7) is 11.8. The van der Waals surface area contributed by atoms with Crippen LogP contribution >= 0.6 is 24.0 Å².